The van der Waals surface area contributed by atoms with E-state index in [1.54, 1.807) is 11.3 Å². The Balaban J connectivity index is 0.00000132. The first-order chi connectivity index (χ1) is 9.87. The maximum absolute atomic E-state index is 2.53. The van der Waals surface area contributed by atoms with Gasteiger partial charge >= 0.3 is 0 Å². The van der Waals surface area contributed by atoms with Crippen LogP contribution in [-0.4, -0.2) is 32.7 Å². The Morgan fingerprint density at radius 3 is 2.19 bits per heavy atom. The van der Waals surface area contributed by atoms with Crippen molar-refractivity contribution in [3.63, 3.8) is 0 Å². The number of quaternary nitrogens is 1. The Kier molecular flexibility index (Phi) is 3.92. The van der Waals surface area contributed by atoms with Crippen LogP contribution in [0, 0.1) is 0 Å². The second kappa shape index (κ2) is 5.70. The molecule has 2 aromatic rings. The number of piperazine rings is 1. The Bertz CT molecular complexity index is 604. The maximum Gasteiger partial charge on any atom is 0.136 e. The molecular weight excluding hydrogens is 280 g/mol. The van der Waals surface area contributed by atoms with Gasteiger partial charge < -0.3 is 17.3 Å². The molecule has 0 radical (unpaired) electrons. The van der Waals surface area contributed by atoms with Crippen molar-refractivity contribution in [1.29, 1.82) is 0 Å². The number of hydrogen-bond donors (Lipinski definition) is 0. The van der Waals surface area contributed by atoms with Crippen molar-refractivity contribution >= 4 is 11.4 Å². The summed E-state index contributed by atoms with van der Waals surface area (Å²) >= 11 is 0. The summed E-state index contributed by atoms with van der Waals surface area (Å²) < 4.78 is 1.21. The molecule has 1 saturated heterocycles. The van der Waals surface area contributed by atoms with Crippen LogP contribution in [0.25, 0.3) is 0 Å². The van der Waals surface area contributed by atoms with Gasteiger partial charge in [0.1, 0.15) is 18.8 Å². The second-order valence-corrected chi connectivity index (χ2v) is 6.02. The first-order valence-corrected chi connectivity index (χ1v) is 7.62. The Morgan fingerprint density at radius 1 is 0.762 bits per heavy atom. The number of hydrogen-bond acceptors (Lipinski definition) is 1. The van der Waals surface area contributed by atoms with E-state index in [-0.39, 0.29) is 12.4 Å². The summed E-state index contributed by atoms with van der Waals surface area (Å²) in [6.45, 7) is 6.11. The lowest BCUT2D eigenvalue weighted by Crippen LogP contribution is -3.00. The van der Waals surface area contributed by atoms with Crippen LogP contribution >= 0.6 is 0 Å². The van der Waals surface area contributed by atoms with E-state index in [0.29, 0.717) is 0 Å². The molecule has 110 valence electrons. The predicted molar refractivity (Wildman–Crippen MR) is 85.2 cm³/mol. The smallest absolute Gasteiger partial charge is 0.136 e. The van der Waals surface area contributed by atoms with Gasteiger partial charge in [0.15, 0.2) is 0 Å². The lowest BCUT2D eigenvalue weighted by Gasteiger charge is -2.43. The highest BCUT2D eigenvalue weighted by Crippen LogP contribution is 2.36. The number of fused-ring (bicyclic) bond motifs is 2. The van der Waals surface area contributed by atoms with Gasteiger partial charge in [0, 0.05) is 17.7 Å². The maximum atomic E-state index is 2.53. The van der Waals surface area contributed by atoms with Crippen molar-refractivity contribution in [2.24, 2.45) is 0 Å². The van der Waals surface area contributed by atoms with Crippen molar-refractivity contribution < 1.29 is 12.4 Å². The number of para-hydroxylation sites is 2. The number of benzene rings is 2. The molecule has 4 rings (SSSR count). The molecule has 0 saturated carbocycles. The van der Waals surface area contributed by atoms with Crippen molar-refractivity contribution in [3.05, 3.63) is 60.2 Å². The summed E-state index contributed by atoms with van der Waals surface area (Å²) in [5, 5.41) is 0. The van der Waals surface area contributed by atoms with E-state index in [1.165, 1.54) is 49.3 Å². The lowest BCUT2D eigenvalue weighted by atomic mass is 10.1. The van der Waals surface area contributed by atoms with Crippen molar-refractivity contribution in [2.45, 2.75) is 6.42 Å². The van der Waals surface area contributed by atoms with E-state index in [2.05, 4.69) is 59.5 Å². The number of halogens is 1. The van der Waals surface area contributed by atoms with Gasteiger partial charge in [-0.3, -0.25) is 4.48 Å². The lowest BCUT2D eigenvalue weighted by molar-refractivity contribution is -0.00000393. The van der Waals surface area contributed by atoms with Crippen LogP contribution < -0.4 is 21.8 Å². The van der Waals surface area contributed by atoms with E-state index in [0.717, 1.165) is 0 Å². The van der Waals surface area contributed by atoms with Crippen LogP contribution in [0.1, 0.15) is 5.56 Å². The molecule has 0 N–H and O–H groups in total. The zero-order valence-corrected chi connectivity index (χ0v) is 13.0. The first-order valence-electron chi connectivity index (χ1n) is 7.62. The van der Waals surface area contributed by atoms with E-state index < -0.39 is 0 Å². The van der Waals surface area contributed by atoms with Gasteiger partial charge in [-0.25, -0.2) is 0 Å². The van der Waals surface area contributed by atoms with Gasteiger partial charge in [0.2, 0.25) is 0 Å². The monoisotopic (exact) mass is 300 g/mol. The fourth-order valence-corrected chi connectivity index (χ4v) is 3.85. The minimum atomic E-state index is 0. The fourth-order valence-electron chi connectivity index (χ4n) is 3.85. The fraction of sp³-hybridized carbons (Fsp3) is 0.333. The summed E-state index contributed by atoms with van der Waals surface area (Å²) in [6.07, 6.45) is 1.25. The van der Waals surface area contributed by atoms with Crippen LogP contribution in [0.3, 0.4) is 0 Å². The molecule has 3 heteroatoms. The summed E-state index contributed by atoms with van der Waals surface area (Å²) in [4.78, 5) is 2.53. The normalized spacial score (nSPS) is 19.1. The van der Waals surface area contributed by atoms with Gasteiger partial charge in [-0.1, -0.05) is 36.4 Å². The third-order valence-electron chi connectivity index (χ3n) is 5.03. The SMILES string of the molecule is [Cl-].c1ccc(N2CC[N+]3(CCc4ccccc43)CC2)cc1. The second-order valence-electron chi connectivity index (χ2n) is 6.02. The summed E-state index contributed by atoms with van der Waals surface area (Å²) in [6, 6.07) is 19.9. The number of nitrogens with zero attached hydrogens (tertiary/aromatic N) is 2. The average Bonchev–Trinajstić information content (AvgIpc) is 2.88. The van der Waals surface area contributed by atoms with Gasteiger partial charge in [0.05, 0.1) is 19.6 Å². The van der Waals surface area contributed by atoms with Gasteiger partial charge in [0.25, 0.3) is 0 Å². The molecule has 0 bridgehead atoms. The molecule has 2 aliphatic rings. The standard InChI is InChI=1S/C18H21N2.ClH/c1-2-7-17(8-3-1)19-11-14-20(15-12-19)13-10-16-6-4-5-9-18(16)20;/h1-9H,10-15H2;1H/q+1;/p-1. The largest absolute Gasteiger partial charge is 1.00 e. The quantitative estimate of drug-likeness (QED) is 0.674. The van der Waals surface area contributed by atoms with Crippen molar-refractivity contribution in [2.75, 3.05) is 37.6 Å². The molecule has 0 aromatic heterocycles. The molecule has 2 nitrogen and oxygen atoms in total. The summed E-state index contributed by atoms with van der Waals surface area (Å²) in [7, 11) is 0. The van der Waals surface area contributed by atoms with E-state index in [1.807, 2.05) is 0 Å². The Hall–Kier alpha value is -1.51. The van der Waals surface area contributed by atoms with Crippen molar-refractivity contribution in [3.8, 4) is 0 Å². The first kappa shape index (κ1) is 14.4. The molecule has 2 aromatic carbocycles. The molecule has 0 unspecified atom stereocenters. The predicted octanol–water partition coefficient (Wildman–Crippen LogP) is 0.0742. The number of anilines is 1. The van der Waals surface area contributed by atoms with Crippen molar-refractivity contribution in [1.82, 2.24) is 4.48 Å². The third-order valence-corrected chi connectivity index (χ3v) is 5.03. The van der Waals surface area contributed by atoms with Gasteiger partial charge in [-0.15, -0.1) is 0 Å². The molecule has 0 amide bonds. The third kappa shape index (κ3) is 2.43. The molecule has 1 fully saturated rings. The zero-order chi connectivity index (χ0) is 13.4. The molecule has 0 aliphatic carbocycles. The van der Waals surface area contributed by atoms with E-state index in [9.17, 15) is 0 Å². The Labute approximate surface area is 133 Å². The summed E-state index contributed by atoms with van der Waals surface area (Å²) in [5.74, 6) is 0. The highest BCUT2D eigenvalue weighted by Gasteiger charge is 2.40. The van der Waals surface area contributed by atoms with Crippen LogP contribution in [-0.2, 0) is 6.42 Å². The number of rotatable bonds is 1. The summed E-state index contributed by atoms with van der Waals surface area (Å²) in [5.41, 5.74) is 4.53. The van der Waals surface area contributed by atoms with Gasteiger partial charge in [-0.2, -0.15) is 0 Å². The Morgan fingerprint density at radius 2 is 1.43 bits per heavy atom. The molecule has 1 spiro atoms. The highest BCUT2D eigenvalue weighted by molar-refractivity contribution is 5.56. The van der Waals surface area contributed by atoms with Crippen LogP contribution in [0.5, 0.6) is 0 Å². The zero-order valence-electron chi connectivity index (χ0n) is 12.2. The molecule has 2 heterocycles. The molecule has 2 aliphatic heterocycles. The van der Waals surface area contributed by atoms with Gasteiger partial charge in [-0.05, 0) is 18.2 Å². The minimum Gasteiger partial charge on any atom is -1.00 e. The molecule has 0 atom stereocenters. The van der Waals surface area contributed by atoms with E-state index in [4.69, 9.17) is 0 Å². The average molecular weight is 301 g/mol. The highest BCUT2D eigenvalue weighted by atomic mass is 35.5. The molecule has 21 heavy (non-hydrogen) atoms. The van der Waals surface area contributed by atoms with E-state index >= 15 is 0 Å². The topological polar surface area (TPSA) is 3.24 Å². The minimum absolute atomic E-state index is 0. The van der Waals surface area contributed by atoms with Crippen LogP contribution in [0.4, 0.5) is 11.4 Å². The molecular formula is C18H21ClN2. The van der Waals surface area contributed by atoms with Crippen LogP contribution in [0.2, 0.25) is 0 Å². The van der Waals surface area contributed by atoms with Crippen LogP contribution in [0.15, 0.2) is 54.6 Å².